The lowest BCUT2D eigenvalue weighted by Gasteiger charge is -2.30. The minimum atomic E-state index is 0.0734. The third kappa shape index (κ3) is 6.79. The van der Waals surface area contributed by atoms with Crippen molar-refractivity contribution in [2.45, 2.75) is 52.6 Å². The lowest BCUT2D eigenvalue weighted by molar-refractivity contribution is -0.121. The number of nitrogens with zero attached hydrogens (tertiary/aromatic N) is 1. The van der Waals surface area contributed by atoms with Gasteiger partial charge in [-0.1, -0.05) is 0 Å². The average Bonchev–Trinajstić information content (AvgIpc) is 2.55. The molecule has 5 heteroatoms. The first-order valence-electron chi connectivity index (χ1n) is 8.61. The van der Waals surface area contributed by atoms with Crippen LogP contribution in [-0.4, -0.2) is 50.2 Å². The smallest absolute Gasteiger partial charge is 0.220 e. The van der Waals surface area contributed by atoms with Gasteiger partial charge in [0.2, 0.25) is 5.91 Å². The van der Waals surface area contributed by atoms with Crippen molar-refractivity contribution in [2.24, 2.45) is 0 Å². The fourth-order valence-corrected chi connectivity index (χ4v) is 2.79. The summed E-state index contributed by atoms with van der Waals surface area (Å²) in [6.07, 6.45) is 1.12. The van der Waals surface area contributed by atoms with Gasteiger partial charge in [-0.15, -0.1) is 0 Å². The zero-order chi connectivity index (χ0) is 18.1. The first kappa shape index (κ1) is 20.3. The fraction of sp³-hybridized carbons (Fsp3) is 0.632. The number of aryl methyl sites for hydroxylation is 1. The third-order valence-corrected chi connectivity index (χ3v) is 4.07. The van der Waals surface area contributed by atoms with E-state index in [1.54, 1.807) is 14.2 Å². The number of benzene rings is 1. The molecule has 0 radical (unpaired) electrons. The van der Waals surface area contributed by atoms with Crippen LogP contribution in [0.1, 0.15) is 39.7 Å². The minimum absolute atomic E-state index is 0.0734. The van der Waals surface area contributed by atoms with Crippen LogP contribution in [0.25, 0.3) is 0 Å². The number of amides is 1. The number of nitrogens with one attached hydrogen (secondary N) is 1. The van der Waals surface area contributed by atoms with E-state index >= 15 is 0 Å². The average molecular weight is 336 g/mol. The maximum atomic E-state index is 12.1. The summed E-state index contributed by atoms with van der Waals surface area (Å²) in [4.78, 5) is 14.4. The normalized spacial score (nSPS) is 11.2. The van der Waals surface area contributed by atoms with Crippen LogP contribution in [0.4, 0.5) is 0 Å². The standard InChI is InChI=1S/C19H32N2O3/c1-14(2)21(15(3)4)10-9-20-19(22)8-7-16-11-17(23-5)13-18(12-16)24-6/h11-15H,7-10H2,1-6H3,(H,20,22). The van der Waals surface area contributed by atoms with Gasteiger partial charge in [0.25, 0.3) is 0 Å². The maximum Gasteiger partial charge on any atom is 0.220 e. The largest absolute Gasteiger partial charge is 0.497 e. The van der Waals surface area contributed by atoms with Gasteiger partial charge in [0, 0.05) is 37.7 Å². The summed E-state index contributed by atoms with van der Waals surface area (Å²) >= 11 is 0. The Kier molecular flexibility index (Phi) is 8.61. The van der Waals surface area contributed by atoms with Crippen LogP contribution in [0.3, 0.4) is 0 Å². The van der Waals surface area contributed by atoms with E-state index in [9.17, 15) is 4.79 Å². The fourth-order valence-electron chi connectivity index (χ4n) is 2.79. The van der Waals surface area contributed by atoms with Crippen molar-refractivity contribution in [3.05, 3.63) is 23.8 Å². The molecule has 0 spiro atoms. The summed E-state index contributed by atoms with van der Waals surface area (Å²) in [5.41, 5.74) is 1.03. The molecule has 1 rings (SSSR count). The second kappa shape index (κ2) is 10.2. The zero-order valence-corrected chi connectivity index (χ0v) is 15.9. The summed E-state index contributed by atoms with van der Waals surface area (Å²) in [7, 11) is 3.25. The molecule has 0 bridgehead atoms. The number of rotatable bonds is 10. The van der Waals surface area contributed by atoms with Crippen molar-refractivity contribution < 1.29 is 14.3 Å². The molecular formula is C19H32N2O3. The van der Waals surface area contributed by atoms with Gasteiger partial charge in [-0.05, 0) is 51.8 Å². The van der Waals surface area contributed by atoms with E-state index in [0.717, 1.165) is 23.6 Å². The molecule has 0 unspecified atom stereocenters. The highest BCUT2D eigenvalue weighted by molar-refractivity contribution is 5.76. The molecule has 1 aromatic carbocycles. The molecule has 1 N–H and O–H groups in total. The van der Waals surface area contributed by atoms with Gasteiger partial charge in [0.1, 0.15) is 11.5 Å². The Balaban J connectivity index is 2.44. The molecule has 0 aliphatic rings. The van der Waals surface area contributed by atoms with E-state index in [1.807, 2.05) is 18.2 Å². The quantitative estimate of drug-likeness (QED) is 0.714. The van der Waals surface area contributed by atoms with Crippen LogP contribution in [0.5, 0.6) is 11.5 Å². The molecule has 0 aliphatic heterocycles. The number of hydrogen-bond acceptors (Lipinski definition) is 4. The van der Waals surface area contributed by atoms with E-state index in [4.69, 9.17) is 9.47 Å². The molecule has 0 saturated carbocycles. The van der Waals surface area contributed by atoms with Crippen LogP contribution in [0.2, 0.25) is 0 Å². The van der Waals surface area contributed by atoms with Gasteiger partial charge in [-0.3, -0.25) is 9.69 Å². The van der Waals surface area contributed by atoms with Crippen molar-refractivity contribution in [3.63, 3.8) is 0 Å². The summed E-state index contributed by atoms with van der Waals surface area (Å²) < 4.78 is 10.5. The highest BCUT2D eigenvalue weighted by Crippen LogP contribution is 2.23. The molecule has 0 saturated heterocycles. The zero-order valence-electron chi connectivity index (χ0n) is 15.9. The molecule has 5 nitrogen and oxygen atoms in total. The molecule has 24 heavy (non-hydrogen) atoms. The first-order valence-corrected chi connectivity index (χ1v) is 8.61. The van der Waals surface area contributed by atoms with Crippen molar-refractivity contribution in [1.29, 1.82) is 0 Å². The second-order valence-electron chi connectivity index (χ2n) is 6.50. The van der Waals surface area contributed by atoms with E-state index in [1.165, 1.54) is 0 Å². The predicted octanol–water partition coefficient (Wildman–Crippen LogP) is 2.87. The van der Waals surface area contributed by atoms with E-state index < -0.39 is 0 Å². The van der Waals surface area contributed by atoms with Crippen molar-refractivity contribution in [1.82, 2.24) is 10.2 Å². The topological polar surface area (TPSA) is 50.8 Å². The van der Waals surface area contributed by atoms with Gasteiger partial charge < -0.3 is 14.8 Å². The van der Waals surface area contributed by atoms with Crippen LogP contribution in [0.15, 0.2) is 18.2 Å². The molecule has 0 aromatic heterocycles. The van der Waals surface area contributed by atoms with Crippen molar-refractivity contribution in [3.8, 4) is 11.5 Å². The highest BCUT2D eigenvalue weighted by Gasteiger charge is 2.13. The Bertz CT molecular complexity index is 485. The Morgan fingerprint density at radius 3 is 2.04 bits per heavy atom. The van der Waals surface area contributed by atoms with Gasteiger partial charge in [-0.25, -0.2) is 0 Å². The lowest BCUT2D eigenvalue weighted by Crippen LogP contribution is -2.42. The van der Waals surface area contributed by atoms with E-state index in [-0.39, 0.29) is 5.91 Å². The van der Waals surface area contributed by atoms with Crippen LogP contribution in [0, 0.1) is 0 Å². The van der Waals surface area contributed by atoms with Gasteiger partial charge in [-0.2, -0.15) is 0 Å². The minimum Gasteiger partial charge on any atom is -0.497 e. The second-order valence-corrected chi connectivity index (χ2v) is 6.50. The summed E-state index contributed by atoms with van der Waals surface area (Å²) in [5.74, 6) is 1.56. The number of carbonyl (C=O) groups excluding carboxylic acids is 1. The summed E-state index contributed by atoms with van der Waals surface area (Å²) in [6, 6.07) is 6.66. The molecule has 136 valence electrons. The number of hydrogen-bond donors (Lipinski definition) is 1. The lowest BCUT2D eigenvalue weighted by atomic mass is 10.1. The Morgan fingerprint density at radius 1 is 1.04 bits per heavy atom. The molecule has 1 amide bonds. The number of carbonyl (C=O) groups is 1. The van der Waals surface area contributed by atoms with Crippen molar-refractivity contribution in [2.75, 3.05) is 27.3 Å². The molecule has 1 aromatic rings. The maximum absolute atomic E-state index is 12.1. The van der Waals surface area contributed by atoms with Crippen LogP contribution in [-0.2, 0) is 11.2 Å². The SMILES string of the molecule is COc1cc(CCC(=O)NCCN(C(C)C)C(C)C)cc(OC)c1. The van der Waals surface area contributed by atoms with Gasteiger partial charge >= 0.3 is 0 Å². The molecule has 0 heterocycles. The van der Waals surface area contributed by atoms with Crippen molar-refractivity contribution >= 4 is 5.91 Å². The predicted molar refractivity (Wildman–Crippen MR) is 97.9 cm³/mol. The molecular weight excluding hydrogens is 304 g/mol. The summed E-state index contributed by atoms with van der Waals surface area (Å²) in [5, 5.41) is 3.01. The first-order chi connectivity index (χ1) is 11.4. The molecule has 0 aliphatic carbocycles. The van der Waals surface area contributed by atoms with Gasteiger partial charge in [0.15, 0.2) is 0 Å². The summed E-state index contributed by atoms with van der Waals surface area (Å²) in [6.45, 7) is 10.3. The monoisotopic (exact) mass is 336 g/mol. The number of ether oxygens (including phenoxy) is 2. The number of methoxy groups -OCH3 is 2. The highest BCUT2D eigenvalue weighted by atomic mass is 16.5. The third-order valence-electron chi connectivity index (χ3n) is 4.07. The van der Waals surface area contributed by atoms with Crippen LogP contribution < -0.4 is 14.8 Å². The molecule has 0 atom stereocenters. The van der Waals surface area contributed by atoms with Gasteiger partial charge in [0.05, 0.1) is 14.2 Å². The van der Waals surface area contributed by atoms with E-state index in [0.29, 0.717) is 31.5 Å². The molecule has 0 fully saturated rings. The Labute approximate surface area is 146 Å². The Morgan fingerprint density at radius 2 is 1.58 bits per heavy atom. The van der Waals surface area contributed by atoms with E-state index in [2.05, 4.69) is 37.9 Å². The van der Waals surface area contributed by atoms with Crippen LogP contribution >= 0.6 is 0 Å². The Hall–Kier alpha value is -1.75.